The Morgan fingerprint density at radius 2 is 1.77 bits per heavy atom. The molecule has 0 aliphatic carbocycles. The Bertz CT molecular complexity index is 686. The molecule has 1 N–H and O–H groups in total. The van der Waals surface area contributed by atoms with Gasteiger partial charge in [0.05, 0.1) is 0 Å². The van der Waals surface area contributed by atoms with Crippen molar-refractivity contribution in [2.24, 2.45) is 0 Å². The Hall–Kier alpha value is -2.69. The highest BCUT2D eigenvalue weighted by Crippen LogP contribution is 2.27. The van der Waals surface area contributed by atoms with Gasteiger partial charge in [-0.05, 0) is 29.8 Å². The maximum atomic E-state index is 13.0. The molecule has 1 aliphatic rings. The number of hydrogen-bond donors (Lipinski definition) is 1. The summed E-state index contributed by atoms with van der Waals surface area (Å²) in [4.78, 5) is 24.1. The highest BCUT2D eigenvalue weighted by Gasteiger charge is 2.31. The minimum absolute atomic E-state index is 0.0378. The molecule has 22 heavy (non-hydrogen) atoms. The minimum Gasteiger partial charge on any atom is -0.273 e. The van der Waals surface area contributed by atoms with Crippen LogP contribution in [0.15, 0.2) is 54.6 Å². The first-order chi connectivity index (χ1) is 10.6. The van der Waals surface area contributed by atoms with Crippen LogP contribution >= 0.6 is 0 Å². The third-order valence-electron chi connectivity index (χ3n) is 3.74. The molecule has 2 aromatic rings. The standard InChI is InChI=1S/C17H15FN2O2/c18-15-8-6-12(7-9-15)14-10-16(21)20(11-14)19-17(22)13-4-2-1-3-5-13/h1-9,14H,10-11H2,(H,19,22). The molecular weight excluding hydrogens is 283 g/mol. The van der Waals surface area contributed by atoms with E-state index in [1.165, 1.54) is 17.1 Å². The van der Waals surface area contributed by atoms with Crippen molar-refractivity contribution in [2.45, 2.75) is 12.3 Å². The fraction of sp³-hybridized carbons (Fsp3) is 0.176. The summed E-state index contributed by atoms with van der Waals surface area (Å²) < 4.78 is 13.0. The highest BCUT2D eigenvalue weighted by atomic mass is 19.1. The van der Waals surface area contributed by atoms with Crippen LogP contribution in [0.4, 0.5) is 4.39 Å². The van der Waals surface area contributed by atoms with Gasteiger partial charge in [-0.3, -0.25) is 20.0 Å². The number of hydrazine groups is 1. The van der Waals surface area contributed by atoms with E-state index in [1.54, 1.807) is 36.4 Å². The summed E-state index contributed by atoms with van der Waals surface area (Å²) in [5.41, 5.74) is 4.02. The van der Waals surface area contributed by atoms with Crippen LogP contribution in [-0.4, -0.2) is 23.4 Å². The Morgan fingerprint density at radius 3 is 2.45 bits per heavy atom. The number of carbonyl (C=O) groups excluding carboxylic acids is 2. The first-order valence-electron chi connectivity index (χ1n) is 7.05. The Labute approximate surface area is 127 Å². The summed E-state index contributed by atoms with van der Waals surface area (Å²) in [6.07, 6.45) is 0.306. The van der Waals surface area contributed by atoms with Gasteiger partial charge in [-0.1, -0.05) is 30.3 Å². The molecular formula is C17H15FN2O2. The Morgan fingerprint density at radius 1 is 1.09 bits per heavy atom. The van der Waals surface area contributed by atoms with E-state index in [4.69, 9.17) is 0 Å². The van der Waals surface area contributed by atoms with Crippen LogP contribution in [-0.2, 0) is 4.79 Å². The third kappa shape index (κ3) is 2.98. The van der Waals surface area contributed by atoms with Gasteiger partial charge in [-0.15, -0.1) is 0 Å². The van der Waals surface area contributed by atoms with E-state index < -0.39 is 0 Å². The highest BCUT2D eigenvalue weighted by molar-refractivity contribution is 5.95. The second kappa shape index (κ2) is 5.97. The molecule has 0 saturated carbocycles. The first kappa shape index (κ1) is 14.3. The predicted molar refractivity (Wildman–Crippen MR) is 79.4 cm³/mol. The van der Waals surface area contributed by atoms with E-state index in [0.717, 1.165) is 5.56 Å². The lowest BCUT2D eigenvalue weighted by atomic mass is 9.98. The topological polar surface area (TPSA) is 49.4 Å². The Balaban J connectivity index is 1.67. The van der Waals surface area contributed by atoms with Gasteiger partial charge in [-0.2, -0.15) is 0 Å². The molecule has 1 unspecified atom stereocenters. The molecule has 1 fully saturated rings. The lowest BCUT2D eigenvalue weighted by Crippen LogP contribution is -2.43. The quantitative estimate of drug-likeness (QED) is 0.946. The molecule has 1 heterocycles. The number of carbonyl (C=O) groups is 2. The number of nitrogens with one attached hydrogen (secondary N) is 1. The van der Waals surface area contributed by atoms with Crippen molar-refractivity contribution in [1.29, 1.82) is 0 Å². The van der Waals surface area contributed by atoms with E-state index in [2.05, 4.69) is 5.43 Å². The molecule has 1 saturated heterocycles. The van der Waals surface area contributed by atoms with E-state index in [1.807, 2.05) is 6.07 Å². The monoisotopic (exact) mass is 298 g/mol. The zero-order valence-corrected chi connectivity index (χ0v) is 11.8. The zero-order valence-electron chi connectivity index (χ0n) is 11.8. The van der Waals surface area contributed by atoms with Crippen molar-refractivity contribution in [1.82, 2.24) is 10.4 Å². The van der Waals surface area contributed by atoms with Crippen molar-refractivity contribution < 1.29 is 14.0 Å². The maximum Gasteiger partial charge on any atom is 0.269 e. The van der Waals surface area contributed by atoms with Gasteiger partial charge in [0.15, 0.2) is 0 Å². The molecule has 2 amide bonds. The molecule has 0 bridgehead atoms. The Kier molecular flexibility index (Phi) is 3.87. The van der Waals surface area contributed by atoms with Crippen LogP contribution in [0.3, 0.4) is 0 Å². The average molecular weight is 298 g/mol. The summed E-state index contributed by atoms with van der Waals surface area (Å²) in [7, 11) is 0. The first-order valence-corrected chi connectivity index (χ1v) is 7.05. The molecule has 3 rings (SSSR count). The number of rotatable bonds is 3. The second-order valence-electron chi connectivity index (χ2n) is 5.26. The van der Waals surface area contributed by atoms with Gasteiger partial charge in [0, 0.05) is 24.4 Å². The fourth-order valence-electron chi connectivity index (χ4n) is 2.55. The smallest absolute Gasteiger partial charge is 0.269 e. The van der Waals surface area contributed by atoms with Gasteiger partial charge >= 0.3 is 0 Å². The third-order valence-corrected chi connectivity index (χ3v) is 3.74. The van der Waals surface area contributed by atoms with Crippen LogP contribution in [0.25, 0.3) is 0 Å². The average Bonchev–Trinajstić information content (AvgIpc) is 2.90. The zero-order chi connectivity index (χ0) is 15.5. The molecule has 1 aliphatic heterocycles. The summed E-state index contributed by atoms with van der Waals surface area (Å²) in [5, 5.41) is 1.34. The van der Waals surface area contributed by atoms with Crippen LogP contribution in [0.1, 0.15) is 28.3 Å². The minimum atomic E-state index is -0.311. The molecule has 0 aromatic heterocycles. The normalized spacial score (nSPS) is 17.6. The second-order valence-corrected chi connectivity index (χ2v) is 5.26. The molecule has 4 nitrogen and oxygen atoms in total. The van der Waals surface area contributed by atoms with Crippen molar-refractivity contribution >= 4 is 11.8 Å². The molecule has 1 atom stereocenters. The van der Waals surface area contributed by atoms with Crippen molar-refractivity contribution in [2.75, 3.05) is 6.54 Å². The number of nitrogens with zero attached hydrogens (tertiary/aromatic N) is 1. The fourth-order valence-corrected chi connectivity index (χ4v) is 2.55. The lowest BCUT2D eigenvalue weighted by molar-refractivity contribution is -0.129. The molecule has 2 aromatic carbocycles. The SMILES string of the molecule is O=C(NN1CC(c2ccc(F)cc2)CC1=O)c1ccccc1. The molecule has 0 radical (unpaired) electrons. The van der Waals surface area contributed by atoms with Crippen LogP contribution in [0.5, 0.6) is 0 Å². The van der Waals surface area contributed by atoms with Crippen LogP contribution < -0.4 is 5.43 Å². The number of amides is 2. The number of hydrogen-bond acceptors (Lipinski definition) is 2. The number of benzene rings is 2. The largest absolute Gasteiger partial charge is 0.273 e. The number of halogens is 1. The van der Waals surface area contributed by atoms with Gasteiger partial charge in [0.25, 0.3) is 5.91 Å². The van der Waals surface area contributed by atoms with E-state index in [9.17, 15) is 14.0 Å². The summed E-state index contributed by atoms with van der Waals surface area (Å²) in [5.74, 6) is -0.793. The summed E-state index contributed by atoms with van der Waals surface area (Å²) in [6, 6.07) is 14.8. The van der Waals surface area contributed by atoms with Crippen LogP contribution in [0.2, 0.25) is 0 Å². The van der Waals surface area contributed by atoms with Gasteiger partial charge < -0.3 is 0 Å². The summed E-state index contributed by atoms with van der Waals surface area (Å²) in [6.45, 7) is 0.392. The van der Waals surface area contributed by atoms with Crippen molar-refractivity contribution in [3.8, 4) is 0 Å². The van der Waals surface area contributed by atoms with Crippen LogP contribution in [0, 0.1) is 5.82 Å². The summed E-state index contributed by atoms with van der Waals surface area (Å²) >= 11 is 0. The predicted octanol–water partition coefficient (Wildman–Crippen LogP) is 2.49. The van der Waals surface area contributed by atoms with Gasteiger partial charge in [-0.25, -0.2) is 4.39 Å². The van der Waals surface area contributed by atoms with E-state index in [0.29, 0.717) is 18.5 Å². The van der Waals surface area contributed by atoms with E-state index >= 15 is 0 Å². The maximum absolute atomic E-state index is 13.0. The van der Waals surface area contributed by atoms with Crippen molar-refractivity contribution in [3.05, 3.63) is 71.5 Å². The van der Waals surface area contributed by atoms with E-state index in [-0.39, 0.29) is 23.5 Å². The van der Waals surface area contributed by atoms with Gasteiger partial charge in [0.2, 0.25) is 5.91 Å². The lowest BCUT2D eigenvalue weighted by Gasteiger charge is -2.18. The molecule has 5 heteroatoms. The molecule has 112 valence electrons. The molecule has 0 spiro atoms. The van der Waals surface area contributed by atoms with Crippen molar-refractivity contribution in [3.63, 3.8) is 0 Å². The van der Waals surface area contributed by atoms with Gasteiger partial charge in [0.1, 0.15) is 5.82 Å².